The van der Waals surface area contributed by atoms with Crippen molar-refractivity contribution in [1.82, 2.24) is 0 Å². The molecule has 0 radical (unpaired) electrons. The molecule has 2 heteroatoms. The predicted octanol–water partition coefficient (Wildman–Crippen LogP) is 4.42. The van der Waals surface area contributed by atoms with Crippen molar-refractivity contribution < 1.29 is 9.47 Å². The summed E-state index contributed by atoms with van der Waals surface area (Å²) >= 11 is 0. The molecular weight excluding hydrogens is 248 g/mol. The zero-order valence-electron chi connectivity index (χ0n) is 12.2. The zero-order valence-corrected chi connectivity index (χ0v) is 12.2. The molecule has 1 heterocycles. The quantitative estimate of drug-likeness (QED) is 0.762. The molecule has 0 aromatic heterocycles. The maximum atomic E-state index is 6.22. The smallest absolute Gasteiger partial charge is 0.250 e. The lowest BCUT2D eigenvalue weighted by atomic mass is 9.99. The van der Waals surface area contributed by atoms with Gasteiger partial charge < -0.3 is 9.47 Å². The molecule has 0 fully saturated rings. The van der Waals surface area contributed by atoms with Gasteiger partial charge in [-0.15, -0.1) is 0 Å². The normalized spacial score (nSPS) is 16.2. The Bertz CT molecular complexity index is 569. The van der Waals surface area contributed by atoms with Crippen LogP contribution < -0.4 is 9.47 Å². The Hall–Kier alpha value is -1.96. The van der Waals surface area contributed by atoms with E-state index in [1.807, 2.05) is 31.2 Å². The van der Waals surface area contributed by atoms with Gasteiger partial charge in [-0.3, -0.25) is 0 Å². The molecule has 1 aliphatic heterocycles. The first-order valence-electron chi connectivity index (χ1n) is 7.12. The lowest BCUT2D eigenvalue weighted by Crippen LogP contribution is -2.45. The second-order valence-corrected chi connectivity index (χ2v) is 5.77. The summed E-state index contributed by atoms with van der Waals surface area (Å²) in [4.78, 5) is 0. The first-order valence-corrected chi connectivity index (χ1v) is 7.12. The molecule has 3 rings (SSSR count). The fraction of sp³-hybridized carbons (Fsp3) is 0.333. The Balaban J connectivity index is 2.14. The molecule has 0 amide bonds. The first-order chi connectivity index (χ1) is 9.58. The van der Waals surface area contributed by atoms with Crippen molar-refractivity contribution in [3.05, 3.63) is 59.7 Å². The van der Waals surface area contributed by atoms with Crippen LogP contribution in [0.2, 0.25) is 0 Å². The molecule has 0 saturated heterocycles. The van der Waals surface area contributed by atoms with E-state index >= 15 is 0 Å². The third-order valence-corrected chi connectivity index (χ3v) is 4.00. The molecule has 1 aliphatic rings. The van der Waals surface area contributed by atoms with E-state index in [4.69, 9.17) is 9.47 Å². The minimum absolute atomic E-state index is 0.238. The molecule has 20 heavy (non-hydrogen) atoms. The molecular formula is C18H20O2. The van der Waals surface area contributed by atoms with Crippen molar-refractivity contribution in [3.63, 3.8) is 0 Å². The summed E-state index contributed by atoms with van der Waals surface area (Å²) in [5, 5.41) is 0. The molecule has 2 aromatic carbocycles. The number of hydrogen-bond donors (Lipinski definition) is 0. The molecule has 104 valence electrons. The van der Waals surface area contributed by atoms with Gasteiger partial charge >= 0.3 is 0 Å². The van der Waals surface area contributed by atoms with E-state index in [9.17, 15) is 0 Å². The summed E-state index contributed by atoms with van der Waals surface area (Å²) in [5.41, 5.74) is 2.41. The van der Waals surface area contributed by atoms with E-state index in [0.717, 1.165) is 17.9 Å². The van der Waals surface area contributed by atoms with Crippen LogP contribution in [-0.2, 0) is 6.42 Å². The predicted molar refractivity (Wildman–Crippen MR) is 80.2 cm³/mol. The van der Waals surface area contributed by atoms with E-state index < -0.39 is 5.79 Å². The number of benzene rings is 2. The van der Waals surface area contributed by atoms with Gasteiger partial charge in [-0.1, -0.05) is 50.2 Å². The highest BCUT2D eigenvalue weighted by Gasteiger charge is 2.35. The summed E-state index contributed by atoms with van der Waals surface area (Å²) < 4.78 is 12.4. The fourth-order valence-electron chi connectivity index (χ4n) is 2.40. The first kappa shape index (κ1) is 13.0. The minimum atomic E-state index is -0.660. The molecule has 0 saturated carbocycles. The average molecular weight is 268 g/mol. The number of hydrogen-bond acceptors (Lipinski definition) is 2. The Morgan fingerprint density at radius 2 is 1.30 bits per heavy atom. The standard InChI is InChI=1S/C18H20O2/c1-13(2)18(3)19-16-10-6-4-8-14(16)12-15-9-5-7-11-17(15)20-18/h4-11,13H,12H2,1-3H3. The van der Waals surface area contributed by atoms with E-state index in [-0.39, 0.29) is 5.92 Å². The highest BCUT2D eigenvalue weighted by atomic mass is 16.7. The van der Waals surface area contributed by atoms with Gasteiger partial charge in [0.15, 0.2) is 0 Å². The summed E-state index contributed by atoms with van der Waals surface area (Å²) in [6.07, 6.45) is 0.834. The summed E-state index contributed by atoms with van der Waals surface area (Å²) in [5.74, 6) is 1.41. The van der Waals surface area contributed by atoms with E-state index in [1.165, 1.54) is 11.1 Å². The molecule has 0 bridgehead atoms. The van der Waals surface area contributed by atoms with E-state index in [0.29, 0.717) is 0 Å². The van der Waals surface area contributed by atoms with Gasteiger partial charge in [-0.25, -0.2) is 0 Å². The Labute approximate surface area is 120 Å². The lowest BCUT2D eigenvalue weighted by molar-refractivity contribution is -0.134. The van der Waals surface area contributed by atoms with Crippen LogP contribution in [0.15, 0.2) is 48.5 Å². The topological polar surface area (TPSA) is 18.5 Å². The molecule has 0 spiro atoms. The molecule has 2 aromatic rings. The highest BCUT2D eigenvalue weighted by molar-refractivity contribution is 5.44. The molecule has 0 atom stereocenters. The van der Waals surface area contributed by atoms with Gasteiger partial charge in [0.05, 0.1) is 0 Å². The largest absolute Gasteiger partial charge is 0.452 e. The van der Waals surface area contributed by atoms with Gasteiger partial charge in [0.1, 0.15) is 11.5 Å². The SMILES string of the molecule is CC(C)C1(C)Oc2ccccc2Cc2ccccc2O1. The van der Waals surface area contributed by atoms with Crippen molar-refractivity contribution in [3.8, 4) is 11.5 Å². The Kier molecular flexibility index (Phi) is 3.17. The van der Waals surface area contributed by atoms with Gasteiger partial charge in [0, 0.05) is 19.3 Å². The van der Waals surface area contributed by atoms with E-state index in [1.54, 1.807) is 0 Å². The fourth-order valence-corrected chi connectivity index (χ4v) is 2.40. The van der Waals surface area contributed by atoms with Crippen molar-refractivity contribution in [1.29, 1.82) is 0 Å². The van der Waals surface area contributed by atoms with Gasteiger partial charge in [-0.05, 0) is 23.3 Å². The van der Waals surface area contributed by atoms with Crippen molar-refractivity contribution in [2.45, 2.75) is 33.0 Å². The monoisotopic (exact) mass is 268 g/mol. The lowest BCUT2D eigenvalue weighted by Gasteiger charge is -2.37. The maximum absolute atomic E-state index is 6.22. The molecule has 0 unspecified atom stereocenters. The third kappa shape index (κ3) is 2.26. The second-order valence-electron chi connectivity index (χ2n) is 5.77. The van der Waals surface area contributed by atoms with Crippen LogP contribution in [0.1, 0.15) is 31.9 Å². The van der Waals surface area contributed by atoms with Gasteiger partial charge in [0.2, 0.25) is 0 Å². The third-order valence-electron chi connectivity index (χ3n) is 4.00. The number of para-hydroxylation sites is 2. The van der Waals surface area contributed by atoms with Crippen LogP contribution >= 0.6 is 0 Å². The van der Waals surface area contributed by atoms with Crippen molar-refractivity contribution in [2.24, 2.45) is 5.92 Å². The highest BCUT2D eigenvalue weighted by Crippen LogP contribution is 2.36. The zero-order chi connectivity index (χ0) is 14.2. The molecule has 0 N–H and O–H groups in total. The van der Waals surface area contributed by atoms with Crippen LogP contribution in [0.3, 0.4) is 0 Å². The van der Waals surface area contributed by atoms with Crippen molar-refractivity contribution >= 4 is 0 Å². The van der Waals surface area contributed by atoms with Crippen molar-refractivity contribution in [2.75, 3.05) is 0 Å². The number of fused-ring (bicyclic) bond motifs is 2. The maximum Gasteiger partial charge on any atom is 0.250 e. The van der Waals surface area contributed by atoms with Gasteiger partial charge in [0.25, 0.3) is 5.79 Å². The van der Waals surface area contributed by atoms with Crippen LogP contribution in [0.25, 0.3) is 0 Å². The second kappa shape index (κ2) is 4.86. The van der Waals surface area contributed by atoms with Crippen LogP contribution in [0.5, 0.6) is 11.5 Å². The molecule has 0 aliphatic carbocycles. The minimum Gasteiger partial charge on any atom is -0.452 e. The van der Waals surface area contributed by atoms with E-state index in [2.05, 4.69) is 38.1 Å². The molecule has 2 nitrogen and oxygen atoms in total. The van der Waals surface area contributed by atoms with Crippen LogP contribution in [-0.4, -0.2) is 5.79 Å². The van der Waals surface area contributed by atoms with Crippen LogP contribution in [0, 0.1) is 5.92 Å². The summed E-state index contributed by atoms with van der Waals surface area (Å²) in [6, 6.07) is 16.4. The number of rotatable bonds is 1. The average Bonchev–Trinajstić information content (AvgIpc) is 2.41. The summed E-state index contributed by atoms with van der Waals surface area (Å²) in [7, 11) is 0. The number of ether oxygens (including phenoxy) is 2. The van der Waals surface area contributed by atoms with Gasteiger partial charge in [-0.2, -0.15) is 0 Å². The Morgan fingerprint density at radius 3 is 1.75 bits per heavy atom. The summed E-state index contributed by atoms with van der Waals surface area (Å²) in [6.45, 7) is 6.25. The van der Waals surface area contributed by atoms with Crippen LogP contribution in [0.4, 0.5) is 0 Å². The Morgan fingerprint density at radius 1 is 0.850 bits per heavy atom.